The van der Waals surface area contributed by atoms with Gasteiger partial charge in [-0.3, -0.25) is 0 Å². The summed E-state index contributed by atoms with van der Waals surface area (Å²) in [6, 6.07) is 6.34. The lowest BCUT2D eigenvalue weighted by atomic mass is 10.1. The van der Waals surface area contributed by atoms with Crippen LogP contribution in [0.3, 0.4) is 0 Å². The van der Waals surface area contributed by atoms with E-state index in [4.69, 9.17) is 9.84 Å². The van der Waals surface area contributed by atoms with Gasteiger partial charge in [-0.1, -0.05) is 17.3 Å². The fourth-order valence-corrected chi connectivity index (χ4v) is 2.09. The van der Waals surface area contributed by atoms with E-state index in [-0.39, 0.29) is 18.5 Å². The van der Waals surface area contributed by atoms with Crippen molar-refractivity contribution in [3.63, 3.8) is 0 Å². The maximum absolute atomic E-state index is 13.2. The topological polar surface area (TPSA) is 60.2 Å². The molecule has 0 spiro atoms. The maximum Gasteiger partial charge on any atom is 0.123 e. The van der Waals surface area contributed by atoms with Crippen molar-refractivity contribution >= 4 is 0 Å². The third kappa shape index (κ3) is 1.89. The zero-order chi connectivity index (χ0) is 12.5. The number of nitrogens with zero attached hydrogens (tertiary/aromatic N) is 3. The van der Waals surface area contributed by atoms with Gasteiger partial charge in [-0.2, -0.15) is 0 Å². The van der Waals surface area contributed by atoms with Gasteiger partial charge in [-0.25, -0.2) is 9.07 Å². The highest BCUT2D eigenvalue weighted by Gasteiger charge is 2.24. The van der Waals surface area contributed by atoms with E-state index in [0.717, 1.165) is 11.3 Å². The van der Waals surface area contributed by atoms with Gasteiger partial charge >= 0.3 is 0 Å². The Morgan fingerprint density at radius 1 is 1.50 bits per heavy atom. The van der Waals surface area contributed by atoms with Crippen LogP contribution >= 0.6 is 0 Å². The minimum atomic E-state index is -0.281. The molecule has 0 saturated carbocycles. The molecule has 1 aliphatic rings. The summed E-state index contributed by atoms with van der Waals surface area (Å²) in [5.41, 5.74) is 2.10. The summed E-state index contributed by atoms with van der Waals surface area (Å²) in [4.78, 5) is 0. The van der Waals surface area contributed by atoms with Crippen LogP contribution in [0.4, 0.5) is 4.39 Å². The number of hydrogen-bond acceptors (Lipinski definition) is 4. The molecule has 1 aromatic carbocycles. The Hall–Kier alpha value is -1.79. The van der Waals surface area contributed by atoms with Gasteiger partial charge in [0.05, 0.1) is 25.5 Å². The van der Waals surface area contributed by atoms with Crippen molar-refractivity contribution in [2.75, 3.05) is 0 Å². The number of aliphatic hydroxyl groups excluding tert-OH is 1. The van der Waals surface area contributed by atoms with Crippen molar-refractivity contribution in [3.05, 3.63) is 47.0 Å². The standard InChI is InChI=1S/C12H12FN3O2/c13-9-3-1-2-8(4-9)12-5-16-11(7-18-12)10(6-17)14-15-16/h1-4,12,17H,5-7H2. The van der Waals surface area contributed by atoms with Crippen molar-refractivity contribution in [1.29, 1.82) is 0 Å². The molecule has 1 atom stereocenters. The summed E-state index contributed by atoms with van der Waals surface area (Å²) in [6.45, 7) is 0.652. The molecule has 0 fully saturated rings. The van der Waals surface area contributed by atoms with Gasteiger partial charge in [0, 0.05) is 0 Å². The molecule has 0 saturated heterocycles. The number of aliphatic hydroxyl groups is 1. The largest absolute Gasteiger partial charge is 0.390 e. The molecule has 2 aromatic rings. The SMILES string of the molecule is OCc1nnn2c1COC(c1cccc(F)c1)C2. The molecule has 1 aromatic heterocycles. The Kier molecular flexibility index (Phi) is 2.81. The van der Waals surface area contributed by atoms with E-state index >= 15 is 0 Å². The van der Waals surface area contributed by atoms with E-state index in [9.17, 15) is 4.39 Å². The second-order valence-electron chi connectivity index (χ2n) is 4.18. The number of aromatic nitrogens is 3. The van der Waals surface area contributed by atoms with Crippen LogP contribution in [-0.4, -0.2) is 20.1 Å². The predicted molar refractivity (Wildman–Crippen MR) is 59.9 cm³/mol. The third-order valence-corrected chi connectivity index (χ3v) is 3.05. The van der Waals surface area contributed by atoms with Crippen LogP contribution in [0.15, 0.2) is 24.3 Å². The summed E-state index contributed by atoms with van der Waals surface area (Å²) in [5.74, 6) is -0.281. The molecule has 18 heavy (non-hydrogen) atoms. The normalized spacial score (nSPS) is 18.7. The Bertz CT molecular complexity index is 570. The van der Waals surface area contributed by atoms with Gasteiger partial charge in [0.2, 0.25) is 0 Å². The number of halogens is 1. The van der Waals surface area contributed by atoms with E-state index in [1.54, 1.807) is 10.7 Å². The molecule has 6 heteroatoms. The van der Waals surface area contributed by atoms with E-state index in [1.807, 2.05) is 6.07 Å². The Labute approximate surface area is 103 Å². The number of fused-ring (bicyclic) bond motifs is 1. The highest BCUT2D eigenvalue weighted by atomic mass is 19.1. The van der Waals surface area contributed by atoms with Gasteiger partial charge in [-0.15, -0.1) is 5.10 Å². The van der Waals surface area contributed by atoms with E-state index < -0.39 is 0 Å². The van der Waals surface area contributed by atoms with Crippen molar-refractivity contribution in [1.82, 2.24) is 15.0 Å². The molecule has 0 amide bonds. The zero-order valence-corrected chi connectivity index (χ0v) is 9.58. The number of rotatable bonds is 2. The van der Waals surface area contributed by atoms with Crippen LogP contribution < -0.4 is 0 Å². The molecular formula is C12H12FN3O2. The number of hydrogen-bond donors (Lipinski definition) is 1. The van der Waals surface area contributed by atoms with Crippen LogP contribution in [0.2, 0.25) is 0 Å². The van der Waals surface area contributed by atoms with Crippen LogP contribution in [0.5, 0.6) is 0 Å². The Balaban J connectivity index is 1.87. The monoisotopic (exact) mass is 249 g/mol. The van der Waals surface area contributed by atoms with Crippen molar-refractivity contribution in [2.45, 2.75) is 25.9 Å². The second-order valence-corrected chi connectivity index (χ2v) is 4.18. The van der Waals surface area contributed by atoms with Crippen LogP contribution in [0.1, 0.15) is 23.1 Å². The summed E-state index contributed by atoms with van der Waals surface area (Å²) in [5, 5.41) is 16.9. The summed E-state index contributed by atoms with van der Waals surface area (Å²) < 4.78 is 20.5. The lowest BCUT2D eigenvalue weighted by molar-refractivity contribution is -0.00243. The number of benzene rings is 1. The smallest absolute Gasteiger partial charge is 0.123 e. The van der Waals surface area contributed by atoms with Gasteiger partial charge in [0.1, 0.15) is 17.6 Å². The first kappa shape index (κ1) is 11.3. The third-order valence-electron chi connectivity index (χ3n) is 3.05. The summed E-state index contributed by atoms with van der Waals surface area (Å²) in [7, 11) is 0. The molecule has 0 radical (unpaired) electrons. The quantitative estimate of drug-likeness (QED) is 0.868. The van der Waals surface area contributed by atoms with Crippen molar-refractivity contribution < 1.29 is 14.2 Å². The van der Waals surface area contributed by atoms with Crippen molar-refractivity contribution in [3.8, 4) is 0 Å². The molecule has 0 bridgehead atoms. The average molecular weight is 249 g/mol. The minimum absolute atomic E-state index is 0.149. The molecule has 1 aliphatic heterocycles. The average Bonchev–Trinajstić information content (AvgIpc) is 2.80. The van der Waals surface area contributed by atoms with Crippen molar-refractivity contribution in [2.24, 2.45) is 0 Å². The van der Waals surface area contributed by atoms with Gasteiger partial charge in [-0.05, 0) is 17.7 Å². The molecule has 1 N–H and O–H groups in total. The fourth-order valence-electron chi connectivity index (χ4n) is 2.09. The highest BCUT2D eigenvalue weighted by molar-refractivity contribution is 5.20. The summed E-state index contributed by atoms with van der Waals surface area (Å²) >= 11 is 0. The molecule has 5 nitrogen and oxygen atoms in total. The van der Waals surface area contributed by atoms with E-state index in [2.05, 4.69) is 10.3 Å². The van der Waals surface area contributed by atoms with Gasteiger partial charge in [0.15, 0.2) is 0 Å². The highest BCUT2D eigenvalue weighted by Crippen LogP contribution is 2.27. The van der Waals surface area contributed by atoms with Crippen LogP contribution in [0.25, 0.3) is 0 Å². The zero-order valence-electron chi connectivity index (χ0n) is 9.58. The second kappa shape index (κ2) is 4.47. The Morgan fingerprint density at radius 2 is 2.39 bits per heavy atom. The molecular weight excluding hydrogens is 237 g/mol. The first-order valence-electron chi connectivity index (χ1n) is 5.67. The minimum Gasteiger partial charge on any atom is -0.390 e. The molecule has 0 aliphatic carbocycles. The first-order valence-corrected chi connectivity index (χ1v) is 5.67. The fraction of sp³-hybridized carbons (Fsp3) is 0.333. The lowest BCUT2D eigenvalue weighted by Crippen LogP contribution is -2.22. The van der Waals surface area contributed by atoms with Crippen LogP contribution in [0, 0.1) is 5.82 Å². The van der Waals surface area contributed by atoms with E-state index in [0.29, 0.717) is 18.8 Å². The molecule has 94 valence electrons. The number of ether oxygens (including phenoxy) is 1. The van der Waals surface area contributed by atoms with Gasteiger partial charge < -0.3 is 9.84 Å². The lowest BCUT2D eigenvalue weighted by Gasteiger charge is -2.24. The van der Waals surface area contributed by atoms with Gasteiger partial charge in [0.25, 0.3) is 0 Å². The van der Waals surface area contributed by atoms with E-state index in [1.165, 1.54) is 12.1 Å². The molecule has 3 rings (SSSR count). The maximum atomic E-state index is 13.2. The molecule has 1 unspecified atom stereocenters. The first-order chi connectivity index (χ1) is 8.78. The Morgan fingerprint density at radius 3 is 3.17 bits per heavy atom. The molecule has 2 heterocycles. The van der Waals surface area contributed by atoms with Crippen LogP contribution in [-0.2, 0) is 24.5 Å². The predicted octanol–water partition coefficient (Wildman–Crippen LogP) is 1.18. The summed E-state index contributed by atoms with van der Waals surface area (Å²) in [6.07, 6.45) is -0.235.